The Kier molecular flexibility index (Phi) is 3.85. The molecule has 1 aliphatic carbocycles. The molecule has 1 aromatic carbocycles. The van der Waals surface area contributed by atoms with Gasteiger partial charge in [0, 0.05) is 24.2 Å². The second kappa shape index (κ2) is 5.62. The number of likely N-dealkylation sites (tertiary alicyclic amines) is 1. The largest absolute Gasteiger partial charge is 0.508 e. The summed E-state index contributed by atoms with van der Waals surface area (Å²) in [6, 6.07) is 6.35. The fraction of sp³-hybridized carbons (Fsp3) is 0.625. The van der Waals surface area contributed by atoms with E-state index < -0.39 is 0 Å². The standard InChI is InChI=1S/C16H24N2O2/c1-11(12-8-15(19)10-16(20)9-12)17-13-4-6-18(7-5-13)14-2-3-14/h8-11,13-14,17,19-20H,2-7H2,1H3. The maximum absolute atomic E-state index is 9.56. The van der Waals surface area contributed by atoms with E-state index in [1.54, 1.807) is 12.1 Å². The summed E-state index contributed by atoms with van der Waals surface area (Å²) in [5.74, 6) is 0.245. The van der Waals surface area contributed by atoms with Gasteiger partial charge in [-0.15, -0.1) is 0 Å². The quantitative estimate of drug-likeness (QED) is 0.790. The van der Waals surface area contributed by atoms with Gasteiger partial charge in [-0.1, -0.05) is 0 Å². The van der Waals surface area contributed by atoms with E-state index in [0.29, 0.717) is 6.04 Å². The molecule has 0 radical (unpaired) electrons. The zero-order valence-corrected chi connectivity index (χ0v) is 12.0. The van der Waals surface area contributed by atoms with E-state index in [9.17, 15) is 10.2 Å². The van der Waals surface area contributed by atoms with Crippen LogP contribution in [-0.4, -0.2) is 40.3 Å². The van der Waals surface area contributed by atoms with Gasteiger partial charge in [0.15, 0.2) is 0 Å². The Morgan fingerprint density at radius 2 is 1.65 bits per heavy atom. The molecule has 4 nitrogen and oxygen atoms in total. The van der Waals surface area contributed by atoms with Crippen molar-refractivity contribution >= 4 is 0 Å². The van der Waals surface area contributed by atoms with Crippen molar-refractivity contribution in [3.05, 3.63) is 23.8 Å². The predicted molar refractivity (Wildman–Crippen MR) is 78.9 cm³/mol. The molecule has 1 aliphatic heterocycles. The van der Waals surface area contributed by atoms with Gasteiger partial charge < -0.3 is 20.4 Å². The minimum Gasteiger partial charge on any atom is -0.508 e. The van der Waals surface area contributed by atoms with E-state index >= 15 is 0 Å². The molecule has 1 aromatic rings. The van der Waals surface area contributed by atoms with Crippen LogP contribution < -0.4 is 5.32 Å². The van der Waals surface area contributed by atoms with Gasteiger partial charge in [-0.2, -0.15) is 0 Å². The number of benzene rings is 1. The molecule has 1 heterocycles. The fourth-order valence-corrected chi connectivity index (χ4v) is 3.19. The highest BCUT2D eigenvalue weighted by atomic mass is 16.3. The molecule has 20 heavy (non-hydrogen) atoms. The zero-order valence-electron chi connectivity index (χ0n) is 12.0. The first-order valence-corrected chi connectivity index (χ1v) is 7.65. The molecule has 2 fully saturated rings. The Labute approximate surface area is 120 Å². The number of hydrogen-bond donors (Lipinski definition) is 3. The lowest BCUT2D eigenvalue weighted by Crippen LogP contribution is -2.44. The molecule has 0 bridgehead atoms. The molecule has 2 aliphatic rings. The average Bonchev–Trinajstić information content (AvgIpc) is 3.23. The summed E-state index contributed by atoms with van der Waals surface area (Å²) < 4.78 is 0. The van der Waals surface area contributed by atoms with Gasteiger partial charge >= 0.3 is 0 Å². The van der Waals surface area contributed by atoms with Crippen LogP contribution in [0.1, 0.15) is 44.2 Å². The summed E-state index contributed by atoms with van der Waals surface area (Å²) in [5.41, 5.74) is 0.937. The van der Waals surface area contributed by atoms with Crippen LogP contribution in [-0.2, 0) is 0 Å². The van der Waals surface area contributed by atoms with Gasteiger partial charge in [0.25, 0.3) is 0 Å². The van der Waals surface area contributed by atoms with Gasteiger partial charge in [-0.3, -0.25) is 0 Å². The van der Waals surface area contributed by atoms with Crippen LogP contribution in [0.4, 0.5) is 0 Å². The number of piperidine rings is 1. The maximum Gasteiger partial charge on any atom is 0.119 e. The second-order valence-electron chi connectivity index (χ2n) is 6.21. The smallest absolute Gasteiger partial charge is 0.119 e. The maximum atomic E-state index is 9.56. The summed E-state index contributed by atoms with van der Waals surface area (Å²) in [5, 5.41) is 22.7. The normalized spacial score (nSPS) is 22.9. The Hall–Kier alpha value is -1.26. The fourth-order valence-electron chi connectivity index (χ4n) is 3.19. The minimum absolute atomic E-state index is 0.122. The zero-order chi connectivity index (χ0) is 14.1. The van der Waals surface area contributed by atoms with Gasteiger partial charge in [0.2, 0.25) is 0 Å². The van der Waals surface area contributed by atoms with E-state index in [4.69, 9.17) is 0 Å². The van der Waals surface area contributed by atoms with Crippen LogP contribution in [0.2, 0.25) is 0 Å². The summed E-state index contributed by atoms with van der Waals surface area (Å²) in [6.07, 6.45) is 5.14. The summed E-state index contributed by atoms with van der Waals surface area (Å²) >= 11 is 0. The van der Waals surface area contributed by atoms with Crippen LogP contribution in [0.15, 0.2) is 18.2 Å². The third kappa shape index (κ3) is 3.25. The lowest BCUT2D eigenvalue weighted by molar-refractivity contribution is 0.184. The Balaban J connectivity index is 1.54. The van der Waals surface area contributed by atoms with Gasteiger partial charge in [-0.25, -0.2) is 0 Å². The van der Waals surface area contributed by atoms with Crippen molar-refractivity contribution in [3.8, 4) is 11.5 Å². The summed E-state index contributed by atoms with van der Waals surface area (Å²) in [6.45, 7) is 4.47. The van der Waals surface area contributed by atoms with E-state index in [2.05, 4.69) is 17.1 Å². The molecular weight excluding hydrogens is 252 g/mol. The molecule has 0 spiro atoms. The number of aromatic hydroxyl groups is 2. The van der Waals surface area contributed by atoms with E-state index in [-0.39, 0.29) is 17.5 Å². The second-order valence-corrected chi connectivity index (χ2v) is 6.21. The highest BCUT2D eigenvalue weighted by Gasteiger charge is 2.32. The van der Waals surface area contributed by atoms with Crippen molar-refractivity contribution in [2.24, 2.45) is 0 Å². The van der Waals surface area contributed by atoms with E-state index in [1.807, 2.05) is 0 Å². The van der Waals surface area contributed by atoms with Crippen LogP contribution in [0.5, 0.6) is 11.5 Å². The van der Waals surface area contributed by atoms with Gasteiger partial charge in [0.1, 0.15) is 11.5 Å². The van der Waals surface area contributed by atoms with Crippen LogP contribution in [0, 0.1) is 0 Å². The molecule has 0 aromatic heterocycles. The Bertz CT molecular complexity index is 445. The van der Waals surface area contributed by atoms with Crippen LogP contribution in [0.3, 0.4) is 0 Å². The third-order valence-corrected chi connectivity index (χ3v) is 4.50. The topological polar surface area (TPSA) is 55.7 Å². The third-order valence-electron chi connectivity index (χ3n) is 4.50. The number of phenolic OH excluding ortho intramolecular Hbond substituents is 2. The molecule has 1 unspecified atom stereocenters. The van der Waals surface area contributed by atoms with Crippen molar-refractivity contribution in [3.63, 3.8) is 0 Å². The van der Waals surface area contributed by atoms with Crippen molar-refractivity contribution in [2.75, 3.05) is 13.1 Å². The number of rotatable bonds is 4. The molecule has 0 amide bonds. The number of nitrogens with one attached hydrogen (secondary N) is 1. The molecule has 1 saturated heterocycles. The highest BCUT2D eigenvalue weighted by Crippen LogP contribution is 2.30. The van der Waals surface area contributed by atoms with Crippen LogP contribution >= 0.6 is 0 Å². The molecule has 1 saturated carbocycles. The summed E-state index contributed by atoms with van der Waals surface area (Å²) in [7, 11) is 0. The van der Waals surface area contributed by atoms with Crippen molar-refractivity contribution in [1.29, 1.82) is 0 Å². The lowest BCUT2D eigenvalue weighted by atomic mass is 10.0. The van der Waals surface area contributed by atoms with E-state index in [0.717, 1.165) is 11.6 Å². The predicted octanol–water partition coefficient (Wildman–Crippen LogP) is 2.38. The molecular formula is C16H24N2O2. The SMILES string of the molecule is CC(NC1CCN(C2CC2)CC1)c1cc(O)cc(O)c1. The first kappa shape index (κ1) is 13.7. The Morgan fingerprint density at radius 1 is 1.05 bits per heavy atom. The lowest BCUT2D eigenvalue weighted by Gasteiger charge is -2.34. The first-order valence-electron chi connectivity index (χ1n) is 7.65. The molecule has 3 N–H and O–H groups in total. The van der Waals surface area contributed by atoms with E-state index in [1.165, 1.54) is 44.8 Å². The van der Waals surface area contributed by atoms with Crippen molar-refractivity contribution < 1.29 is 10.2 Å². The highest BCUT2D eigenvalue weighted by molar-refractivity contribution is 5.37. The van der Waals surface area contributed by atoms with Gasteiger partial charge in [0.05, 0.1) is 0 Å². The van der Waals surface area contributed by atoms with Crippen molar-refractivity contribution in [1.82, 2.24) is 10.2 Å². The summed E-state index contributed by atoms with van der Waals surface area (Å²) in [4.78, 5) is 2.61. The minimum atomic E-state index is 0.122. The van der Waals surface area contributed by atoms with Gasteiger partial charge in [-0.05, 0) is 63.4 Å². The molecule has 110 valence electrons. The van der Waals surface area contributed by atoms with Crippen molar-refractivity contribution in [2.45, 2.75) is 50.7 Å². The molecule has 1 atom stereocenters. The average molecular weight is 276 g/mol. The Morgan fingerprint density at radius 3 is 2.20 bits per heavy atom. The molecule has 3 rings (SSSR count). The number of hydrogen-bond acceptors (Lipinski definition) is 4. The molecule has 4 heteroatoms. The number of phenols is 2. The number of nitrogens with zero attached hydrogens (tertiary/aromatic N) is 1. The monoisotopic (exact) mass is 276 g/mol. The first-order chi connectivity index (χ1) is 9.61. The van der Waals surface area contributed by atoms with Crippen LogP contribution in [0.25, 0.3) is 0 Å².